The van der Waals surface area contributed by atoms with Crippen LogP contribution < -0.4 is 26.3 Å². The quantitative estimate of drug-likeness (QED) is 0.108. The summed E-state index contributed by atoms with van der Waals surface area (Å²) in [5.41, 5.74) is 12.1. The SMILES string of the molecule is CC(C)(C)OC(=O)NCCCN(C(=O)c1cc(Oc2ccc(C(=N)N)cc2)cc(Oc2ccc(C(=N)N)cc2)c1)C1CC1. The number of amides is 2. The summed E-state index contributed by atoms with van der Waals surface area (Å²) in [6, 6.07) is 18.6. The summed E-state index contributed by atoms with van der Waals surface area (Å²) in [6.45, 7) is 6.24. The van der Waals surface area contributed by atoms with Gasteiger partial charge in [0.1, 0.15) is 40.3 Å². The second-order valence-electron chi connectivity index (χ2n) is 11.3. The number of hydrogen-bond acceptors (Lipinski definition) is 7. The van der Waals surface area contributed by atoms with Crippen molar-refractivity contribution >= 4 is 23.7 Å². The monoisotopic (exact) mass is 586 g/mol. The molecule has 43 heavy (non-hydrogen) atoms. The lowest BCUT2D eigenvalue weighted by molar-refractivity contribution is 0.0525. The first kappa shape index (κ1) is 30.9. The zero-order valence-electron chi connectivity index (χ0n) is 24.6. The molecule has 0 aliphatic heterocycles. The Morgan fingerprint density at radius 2 is 1.30 bits per heavy atom. The molecule has 3 aromatic rings. The van der Waals surface area contributed by atoms with Crippen molar-refractivity contribution in [1.29, 1.82) is 10.8 Å². The predicted molar refractivity (Wildman–Crippen MR) is 164 cm³/mol. The number of carbonyl (C=O) groups is 2. The maximum absolute atomic E-state index is 13.8. The smallest absolute Gasteiger partial charge is 0.407 e. The zero-order chi connectivity index (χ0) is 31.1. The van der Waals surface area contributed by atoms with Gasteiger partial charge in [0.25, 0.3) is 5.91 Å². The Morgan fingerprint density at radius 3 is 1.72 bits per heavy atom. The molecule has 0 saturated heterocycles. The average Bonchev–Trinajstić information content (AvgIpc) is 3.77. The molecule has 11 heteroatoms. The molecular formula is C32H38N6O5. The third kappa shape index (κ3) is 9.22. The Hall–Kier alpha value is -5.06. The van der Waals surface area contributed by atoms with Crippen molar-refractivity contribution in [1.82, 2.24) is 10.2 Å². The predicted octanol–water partition coefficient (Wildman–Crippen LogP) is 5.36. The Bertz CT molecular complexity index is 1400. The highest BCUT2D eigenvalue weighted by Crippen LogP contribution is 2.34. The molecule has 0 bridgehead atoms. The van der Waals surface area contributed by atoms with E-state index in [4.69, 9.17) is 36.5 Å². The summed E-state index contributed by atoms with van der Waals surface area (Å²) in [7, 11) is 0. The summed E-state index contributed by atoms with van der Waals surface area (Å²) >= 11 is 0. The van der Waals surface area contributed by atoms with Crippen LogP contribution in [0.3, 0.4) is 0 Å². The van der Waals surface area contributed by atoms with Crippen molar-refractivity contribution in [2.45, 2.75) is 51.7 Å². The molecule has 1 saturated carbocycles. The highest BCUT2D eigenvalue weighted by molar-refractivity contribution is 5.96. The van der Waals surface area contributed by atoms with E-state index in [1.54, 1.807) is 87.5 Å². The van der Waals surface area contributed by atoms with Gasteiger partial charge in [-0.05, 0) is 101 Å². The van der Waals surface area contributed by atoms with Crippen molar-refractivity contribution in [3.8, 4) is 23.0 Å². The minimum atomic E-state index is -0.585. The molecule has 0 spiro atoms. The topological polar surface area (TPSA) is 177 Å². The normalized spacial score (nSPS) is 12.6. The average molecular weight is 587 g/mol. The highest BCUT2D eigenvalue weighted by atomic mass is 16.6. The Kier molecular flexibility index (Phi) is 9.54. The lowest BCUT2D eigenvalue weighted by Crippen LogP contribution is -2.37. The second kappa shape index (κ2) is 13.3. The summed E-state index contributed by atoms with van der Waals surface area (Å²) in [5, 5.41) is 18.0. The number of rotatable bonds is 12. The Labute approximate surface area is 251 Å². The van der Waals surface area contributed by atoms with Crippen molar-refractivity contribution in [2.24, 2.45) is 11.5 Å². The number of ether oxygens (including phenoxy) is 3. The van der Waals surface area contributed by atoms with Gasteiger partial charge in [0.05, 0.1) is 0 Å². The van der Waals surface area contributed by atoms with Crippen LogP contribution in [-0.2, 0) is 4.74 Å². The first-order valence-corrected chi connectivity index (χ1v) is 14.1. The van der Waals surface area contributed by atoms with Gasteiger partial charge in [0, 0.05) is 41.9 Å². The van der Waals surface area contributed by atoms with E-state index in [-0.39, 0.29) is 23.6 Å². The number of nitrogens with zero attached hydrogens (tertiary/aromatic N) is 1. The first-order valence-electron chi connectivity index (χ1n) is 14.1. The van der Waals surface area contributed by atoms with E-state index >= 15 is 0 Å². The zero-order valence-corrected chi connectivity index (χ0v) is 24.6. The fourth-order valence-electron chi connectivity index (χ4n) is 4.25. The van der Waals surface area contributed by atoms with Gasteiger partial charge in [-0.1, -0.05) is 0 Å². The number of alkyl carbamates (subject to hydrolysis) is 1. The van der Waals surface area contributed by atoms with Crippen molar-refractivity contribution in [2.75, 3.05) is 13.1 Å². The van der Waals surface area contributed by atoms with Crippen LogP contribution in [0.4, 0.5) is 4.79 Å². The van der Waals surface area contributed by atoms with Gasteiger partial charge in [-0.3, -0.25) is 15.6 Å². The van der Waals surface area contributed by atoms with Crippen LogP contribution in [0.15, 0.2) is 66.7 Å². The van der Waals surface area contributed by atoms with Crippen LogP contribution in [0.2, 0.25) is 0 Å². The number of nitrogens with one attached hydrogen (secondary N) is 3. The van der Waals surface area contributed by atoms with Gasteiger partial charge in [0.15, 0.2) is 0 Å². The first-order chi connectivity index (χ1) is 20.4. The molecule has 1 aliphatic rings. The molecule has 0 radical (unpaired) electrons. The number of hydrogen-bond donors (Lipinski definition) is 5. The van der Waals surface area contributed by atoms with Crippen LogP contribution in [0.1, 0.15) is 61.5 Å². The van der Waals surface area contributed by atoms with Gasteiger partial charge < -0.3 is 35.9 Å². The molecule has 0 heterocycles. The molecular weight excluding hydrogens is 548 g/mol. The van der Waals surface area contributed by atoms with Crippen LogP contribution in [0.25, 0.3) is 0 Å². The molecule has 3 aromatic carbocycles. The number of nitrogen functional groups attached to an aromatic ring is 2. The molecule has 1 fully saturated rings. The lowest BCUT2D eigenvalue weighted by Gasteiger charge is -2.24. The summed E-state index contributed by atoms with van der Waals surface area (Å²) in [4.78, 5) is 27.6. The van der Waals surface area contributed by atoms with E-state index in [0.29, 0.717) is 59.2 Å². The van der Waals surface area contributed by atoms with Crippen LogP contribution in [0, 0.1) is 10.8 Å². The van der Waals surface area contributed by atoms with Crippen molar-refractivity contribution in [3.05, 3.63) is 83.4 Å². The number of benzene rings is 3. The van der Waals surface area contributed by atoms with Gasteiger partial charge in [-0.25, -0.2) is 4.79 Å². The summed E-state index contributed by atoms with van der Waals surface area (Å²) < 4.78 is 17.5. The minimum Gasteiger partial charge on any atom is -0.457 e. The fourth-order valence-corrected chi connectivity index (χ4v) is 4.25. The van der Waals surface area contributed by atoms with Crippen molar-refractivity contribution in [3.63, 3.8) is 0 Å². The maximum atomic E-state index is 13.8. The van der Waals surface area contributed by atoms with Gasteiger partial charge >= 0.3 is 6.09 Å². The molecule has 2 amide bonds. The Balaban J connectivity index is 1.54. The number of carbonyl (C=O) groups excluding carboxylic acids is 2. The third-order valence-corrected chi connectivity index (χ3v) is 6.42. The molecule has 0 aromatic heterocycles. The summed E-state index contributed by atoms with van der Waals surface area (Å²) in [5.74, 6) is 1.50. The van der Waals surface area contributed by atoms with E-state index in [2.05, 4.69) is 5.32 Å². The van der Waals surface area contributed by atoms with Crippen LogP contribution >= 0.6 is 0 Å². The second-order valence-corrected chi connectivity index (χ2v) is 11.3. The van der Waals surface area contributed by atoms with E-state index < -0.39 is 11.7 Å². The van der Waals surface area contributed by atoms with E-state index in [1.807, 2.05) is 4.90 Å². The molecule has 4 rings (SSSR count). The lowest BCUT2D eigenvalue weighted by atomic mass is 10.1. The number of amidine groups is 2. The Morgan fingerprint density at radius 1 is 0.814 bits per heavy atom. The van der Waals surface area contributed by atoms with Crippen LogP contribution in [-0.4, -0.2) is 53.3 Å². The fraction of sp³-hybridized carbons (Fsp3) is 0.312. The van der Waals surface area contributed by atoms with Gasteiger partial charge in [-0.15, -0.1) is 0 Å². The van der Waals surface area contributed by atoms with Crippen molar-refractivity contribution < 1.29 is 23.8 Å². The molecule has 7 N–H and O–H groups in total. The minimum absolute atomic E-state index is 0.0490. The number of nitrogens with two attached hydrogens (primary N) is 2. The maximum Gasteiger partial charge on any atom is 0.407 e. The van der Waals surface area contributed by atoms with Gasteiger partial charge in [-0.2, -0.15) is 0 Å². The molecule has 226 valence electrons. The standard InChI is InChI=1S/C32H38N6O5/c1-32(2,3)43-31(40)37-15-4-16-38(23-9-10-23)30(39)22-17-26(41-24-11-5-20(6-12-24)28(33)34)19-27(18-22)42-25-13-7-21(8-14-25)29(35)36/h5-8,11-14,17-19,23H,4,9-10,15-16H2,1-3H3,(H3,33,34)(H3,35,36)(H,37,40). The molecule has 0 unspecified atom stereocenters. The van der Waals surface area contributed by atoms with Crippen LogP contribution in [0.5, 0.6) is 23.0 Å². The molecule has 11 nitrogen and oxygen atoms in total. The van der Waals surface area contributed by atoms with E-state index in [9.17, 15) is 9.59 Å². The highest BCUT2D eigenvalue weighted by Gasteiger charge is 2.33. The molecule has 1 aliphatic carbocycles. The van der Waals surface area contributed by atoms with E-state index in [0.717, 1.165) is 12.8 Å². The largest absolute Gasteiger partial charge is 0.457 e. The molecule has 0 atom stereocenters. The van der Waals surface area contributed by atoms with E-state index in [1.165, 1.54) is 0 Å². The van der Waals surface area contributed by atoms with Gasteiger partial charge in [0.2, 0.25) is 0 Å². The summed E-state index contributed by atoms with van der Waals surface area (Å²) in [6.07, 6.45) is 1.90. The third-order valence-electron chi connectivity index (χ3n) is 6.42.